The second kappa shape index (κ2) is 10.1. The molecule has 0 saturated carbocycles. The first-order chi connectivity index (χ1) is 12.8. The van der Waals surface area contributed by atoms with E-state index in [2.05, 4.69) is 4.72 Å². The van der Waals surface area contributed by atoms with Crippen molar-refractivity contribution in [3.63, 3.8) is 0 Å². The zero-order valence-electron chi connectivity index (χ0n) is 14.5. The molecule has 0 fully saturated rings. The highest BCUT2D eigenvalue weighted by molar-refractivity contribution is 7.98. The van der Waals surface area contributed by atoms with Crippen molar-refractivity contribution in [3.05, 3.63) is 64.9 Å². The highest BCUT2D eigenvalue weighted by atomic mass is 35.5. The summed E-state index contributed by atoms with van der Waals surface area (Å²) in [6, 6.07) is 10.7. The lowest BCUT2D eigenvalue weighted by Crippen LogP contribution is -2.42. The van der Waals surface area contributed by atoms with Crippen LogP contribution in [0.15, 0.2) is 53.4 Å². The van der Waals surface area contributed by atoms with Gasteiger partial charge in [0.25, 0.3) is 0 Å². The Morgan fingerprint density at radius 3 is 2.56 bits per heavy atom. The zero-order valence-corrected chi connectivity index (χ0v) is 16.9. The second-order valence-electron chi connectivity index (χ2n) is 5.58. The highest BCUT2D eigenvalue weighted by Gasteiger charge is 2.28. The summed E-state index contributed by atoms with van der Waals surface area (Å²) in [5, 5.41) is 0.443. The van der Waals surface area contributed by atoms with Gasteiger partial charge in [0.1, 0.15) is 23.4 Å². The molecule has 0 bridgehead atoms. The van der Waals surface area contributed by atoms with Crippen LogP contribution in [-0.2, 0) is 26.2 Å². The molecule has 0 aliphatic carbocycles. The predicted molar refractivity (Wildman–Crippen MR) is 105 cm³/mol. The lowest BCUT2D eigenvalue weighted by atomic mass is 10.2. The van der Waals surface area contributed by atoms with E-state index in [0.29, 0.717) is 16.3 Å². The molecule has 9 heteroatoms. The highest BCUT2D eigenvalue weighted by Crippen LogP contribution is 2.18. The van der Waals surface area contributed by atoms with Crippen LogP contribution in [0.5, 0.6) is 0 Å². The van der Waals surface area contributed by atoms with Crippen molar-refractivity contribution in [2.24, 2.45) is 0 Å². The summed E-state index contributed by atoms with van der Waals surface area (Å²) in [5.74, 6) is -1.12. The number of thioether (sulfide) groups is 1. The summed E-state index contributed by atoms with van der Waals surface area (Å²) in [7, 11) is -4.22. The lowest BCUT2D eigenvalue weighted by Gasteiger charge is -2.18. The smallest absolute Gasteiger partial charge is 0.324 e. The monoisotopic (exact) mass is 431 g/mol. The van der Waals surface area contributed by atoms with Crippen molar-refractivity contribution < 1.29 is 22.3 Å². The van der Waals surface area contributed by atoms with Crippen LogP contribution in [0.3, 0.4) is 0 Å². The van der Waals surface area contributed by atoms with Crippen LogP contribution in [0.1, 0.15) is 12.0 Å². The zero-order chi connectivity index (χ0) is 19.9. The number of hydrogen-bond donors (Lipinski definition) is 1. The third-order valence-electron chi connectivity index (χ3n) is 3.65. The molecule has 27 heavy (non-hydrogen) atoms. The molecule has 5 nitrogen and oxygen atoms in total. The first kappa shape index (κ1) is 21.7. The Balaban J connectivity index is 2.13. The number of nitrogens with one attached hydrogen (secondary N) is 1. The van der Waals surface area contributed by atoms with E-state index in [1.54, 1.807) is 24.3 Å². The normalized spacial score (nSPS) is 12.6. The number of benzene rings is 2. The van der Waals surface area contributed by atoms with Gasteiger partial charge >= 0.3 is 5.97 Å². The molecule has 0 heterocycles. The van der Waals surface area contributed by atoms with E-state index in [9.17, 15) is 17.6 Å². The Morgan fingerprint density at radius 1 is 1.22 bits per heavy atom. The van der Waals surface area contributed by atoms with Crippen LogP contribution >= 0.6 is 23.4 Å². The fourth-order valence-electron chi connectivity index (χ4n) is 2.24. The summed E-state index contributed by atoms with van der Waals surface area (Å²) in [6.45, 7) is -0.0876. The molecule has 2 rings (SSSR count). The van der Waals surface area contributed by atoms with Gasteiger partial charge in [0.15, 0.2) is 0 Å². The molecule has 0 amide bonds. The van der Waals surface area contributed by atoms with Gasteiger partial charge in [-0.3, -0.25) is 4.79 Å². The van der Waals surface area contributed by atoms with E-state index in [4.69, 9.17) is 16.3 Å². The summed E-state index contributed by atoms with van der Waals surface area (Å²) in [4.78, 5) is 11.9. The fourth-order valence-corrected chi connectivity index (χ4v) is 4.20. The Morgan fingerprint density at radius 2 is 1.89 bits per heavy atom. The SMILES string of the molecule is CSCC[C@@H](NS(=O)(=O)c1ccccc1F)C(=O)OCc1ccccc1Cl. The minimum Gasteiger partial charge on any atom is -0.460 e. The average Bonchev–Trinajstić information content (AvgIpc) is 2.64. The van der Waals surface area contributed by atoms with E-state index in [1.165, 1.54) is 23.9 Å². The van der Waals surface area contributed by atoms with Gasteiger partial charge in [-0.2, -0.15) is 16.5 Å². The van der Waals surface area contributed by atoms with Crippen LogP contribution < -0.4 is 4.72 Å². The standard InChI is InChI=1S/C18H19ClFNO4S2/c1-26-11-10-16(18(22)25-12-13-6-2-3-7-14(13)19)21-27(23,24)17-9-5-4-8-15(17)20/h2-9,16,21H,10-12H2,1H3/t16-/m1/s1. The molecule has 0 saturated heterocycles. The van der Waals surface area contributed by atoms with Crippen molar-refractivity contribution >= 4 is 39.4 Å². The maximum absolute atomic E-state index is 13.8. The molecule has 2 aromatic carbocycles. The lowest BCUT2D eigenvalue weighted by molar-refractivity contribution is -0.147. The van der Waals surface area contributed by atoms with Gasteiger partial charge in [0.05, 0.1) is 0 Å². The Kier molecular flexibility index (Phi) is 8.09. The minimum atomic E-state index is -4.22. The molecule has 0 unspecified atom stereocenters. The Bertz CT molecular complexity index is 892. The molecule has 0 aliphatic rings. The largest absolute Gasteiger partial charge is 0.460 e. The number of carbonyl (C=O) groups excluding carboxylic acids is 1. The van der Waals surface area contributed by atoms with Crippen molar-refractivity contribution in [3.8, 4) is 0 Å². The van der Waals surface area contributed by atoms with E-state index >= 15 is 0 Å². The number of sulfonamides is 1. The third-order valence-corrected chi connectivity index (χ3v) is 6.16. The van der Waals surface area contributed by atoms with Crippen LogP contribution in [0.25, 0.3) is 0 Å². The summed E-state index contributed by atoms with van der Waals surface area (Å²) in [6.07, 6.45) is 2.04. The average molecular weight is 432 g/mol. The van der Waals surface area contributed by atoms with Crippen molar-refractivity contribution in [2.75, 3.05) is 12.0 Å². The van der Waals surface area contributed by atoms with Gasteiger partial charge in [-0.1, -0.05) is 41.9 Å². The fraction of sp³-hybridized carbons (Fsp3) is 0.278. The maximum Gasteiger partial charge on any atom is 0.324 e. The quantitative estimate of drug-likeness (QED) is 0.614. The molecule has 0 spiro atoms. The van der Waals surface area contributed by atoms with Gasteiger partial charge in [0, 0.05) is 10.6 Å². The van der Waals surface area contributed by atoms with E-state index in [-0.39, 0.29) is 13.0 Å². The van der Waals surface area contributed by atoms with Gasteiger partial charge in [0.2, 0.25) is 10.0 Å². The topological polar surface area (TPSA) is 72.5 Å². The second-order valence-corrected chi connectivity index (χ2v) is 8.66. The number of rotatable bonds is 9. The van der Waals surface area contributed by atoms with E-state index < -0.39 is 32.7 Å². The Hall–Kier alpha value is -1.61. The summed E-state index contributed by atoms with van der Waals surface area (Å²) >= 11 is 7.48. The molecule has 2 aromatic rings. The van der Waals surface area contributed by atoms with E-state index in [0.717, 1.165) is 12.1 Å². The molecule has 0 radical (unpaired) electrons. The Labute approximate surface area is 167 Å². The number of carbonyl (C=O) groups is 1. The van der Waals surface area contributed by atoms with Crippen molar-refractivity contribution in [2.45, 2.75) is 24.0 Å². The number of hydrogen-bond acceptors (Lipinski definition) is 5. The molecule has 1 N–H and O–H groups in total. The molecule has 0 aliphatic heterocycles. The molecule has 1 atom stereocenters. The minimum absolute atomic E-state index is 0.0876. The van der Waals surface area contributed by atoms with Crippen LogP contribution in [0.2, 0.25) is 5.02 Å². The third kappa shape index (κ3) is 6.21. The number of esters is 1. The van der Waals surface area contributed by atoms with Crippen LogP contribution in [0.4, 0.5) is 4.39 Å². The van der Waals surface area contributed by atoms with Gasteiger partial charge in [-0.25, -0.2) is 12.8 Å². The first-order valence-electron chi connectivity index (χ1n) is 8.01. The number of ether oxygens (including phenoxy) is 1. The maximum atomic E-state index is 13.8. The molecule has 0 aromatic heterocycles. The summed E-state index contributed by atoms with van der Waals surface area (Å²) < 4.78 is 46.3. The number of halogens is 2. The predicted octanol–water partition coefficient (Wildman–Crippen LogP) is 3.62. The van der Waals surface area contributed by atoms with Gasteiger partial charge in [-0.15, -0.1) is 0 Å². The van der Waals surface area contributed by atoms with Crippen molar-refractivity contribution in [1.82, 2.24) is 4.72 Å². The van der Waals surface area contributed by atoms with Gasteiger partial charge < -0.3 is 4.74 Å². The van der Waals surface area contributed by atoms with Gasteiger partial charge in [-0.05, 0) is 36.6 Å². The van der Waals surface area contributed by atoms with Crippen LogP contribution in [0, 0.1) is 5.82 Å². The van der Waals surface area contributed by atoms with Crippen molar-refractivity contribution in [1.29, 1.82) is 0 Å². The van der Waals surface area contributed by atoms with E-state index in [1.807, 2.05) is 6.26 Å². The first-order valence-corrected chi connectivity index (χ1v) is 11.3. The van der Waals surface area contributed by atoms with Crippen LogP contribution in [-0.4, -0.2) is 32.4 Å². The molecular weight excluding hydrogens is 413 g/mol. The summed E-state index contributed by atoms with van der Waals surface area (Å²) in [5.41, 5.74) is 0.605. The molecule has 146 valence electrons. The molecular formula is C18H19ClFNO4S2.